The summed E-state index contributed by atoms with van der Waals surface area (Å²) in [5.74, 6) is 1.50. The van der Waals surface area contributed by atoms with Crippen LogP contribution in [0.2, 0.25) is 0 Å². The molecule has 3 aromatic rings. The minimum atomic E-state index is -0.388. The number of fused-ring (bicyclic) bond motifs is 1. The van der Waals surface area contributed by atoms with Gasteiger partial charge >= 0.3 is 0 Å². The van der Waals surface area contributed by atoms with Crippen molar-refractivity contribution in [1.82, 2.24) is 34.9 Å². The van der Waals surface area contributed by atoms with E-state index in [1.165, 1.54) is 0 Å². The zero-order valence-electron chi connectivity index (χ0n) is 14.2. The first-order valence-electron chi connectivity index (χ1n) is 8.65. The Morgan fingerprint density at radius 3 is 2.92 bits per heavy atom. The van der Waals surface area contributed by atoms with Gasteiger partial charge in [-0.3, -0.25) is 4.68 Å². The average molecular weight is 342 g/mol. The second kappa shape index (κ2) is 6.75. The number of H-pyrrole nitrogens is 1. The van der Waals surface area contributed by atoms with Gasteiger partial charge in [-0.15, -0.1) is 5.10 Å². The Kier molecular flexibility index (Phi) is 4.31. The summed E-state index contributed by atoms with van der Waals surface area (Å²) in [5.41, 5.74) is 2.45. The highest BCUT2D eigenvalue weighted by molar-refractivity contribution is 5.82. The lowest BCUT2D eigenvalue weighted by molar-refractivity contribution is 0.194. The third kappa shape index (κ3) is 3.46. The van der Waals surface area contributed by atoms with Gasteiger partial charge in [-0.25, -0.2) is 15.0 Å². The van der Waals surface area contributed by atoms with Crippen LogP contribution in [0.1, 0.15) is 25.5 Å². The van der Waals surface area contributed by atoms with E-state index in [4.69, 9.17) is 0 Å². The number of nitrogens with one attached hydrogen (secondary N) is 1. The smallest absolute Gasteiger partial charge is 0.182 e. The molecule has 9 nitrogen and oxygen atoms in total. The number of aliphatic hydroxyl groups excluding tert-OH is 1. The number of imidazole rings is 1. The van der Waals surface area contributed by atoms with Crippen molar-refractivity contribution in [3.05, 3.63) is 24.5 Å². The van der Waals surface area contributed by atoms with Crippen LogP contribution in [0, 0.1) is 5.92 Å². The maximum atomic E-state index is 9.43. The van der Waals surface area contributed by atoms with E-state index in [1.807, 2.05) is 10.9 Å². The largest absolute Gasteiger partial charge is 0.393 e. The molecule has 4 rings (SSSR count). The van der Waals surface area contributed by atoms with E-state index in [9.17, 15) is 5.11 Å². The fourth-order valence-electron chi connectivity index (χ4n) is 3.41. The second-order valence-electron chi connectivity index (χ2n) is 6.71. The zero-order chi connectivity index (χ0) is 17.2. The highest BCUT2D eigenvalue weighted by atomic mass is 16.3. The van der Waals surface area contributed by atoms with Gasteiger partial charge in [-0.1, -0.05) is 5.21 Å². The average Bonchev–Trinajstić information content (AvgIpc) is 3.24. The summed E-state index contributed by atoms with van der Waals surface area (Å²) in [6, 6.07) is 0. The van der Waals surface area contributed by atoms with Crippen molar-refractivity contribution >= 4 is 17.0 Å². The molecule has 1 fully saturated rings. The Hall–Kier alpha value is -2.55. The molecule has 4 heterocycles. The van der Waals surface area contributed by atoms with Crippen LogP contribution in [-0.2, 0) is 13.0 Å². The van der Waals surface area contributed by atoms with Crippen molar-refractivity contribution in [1.29, 1.82) is 0 Å². The molecule has 25 heavy (non-hydrogen) atoms. The van der Waals surface area contributed by atoms with E-state index in [0.29, 0.717) is 18.0 Å². The van der Waals surface area contributed by atoms with Crippen LogP contribution >= 0.6 is 0 Å². The van der Waals surface area contributed by atoms with E-state index in [1.54, 1.807) is 19.6 Å². The van der Waals surface area contributed by atoms with Crippen LogP contribution < -0.4 is 4.90 Å². The Labute approximate surface area is 145 Å². The summed E-state index contributed by atoms with van der Waals surface area (Å²) in [4.78, 5) is 18.2. The quantitative estimate of drug-likeness (QED) is 0.705. The first kappa shape index (κ1) is 15.9. The molecule has 0 amide bonds. The van der Waals surface area contributed by atoms with Crippen LogP contribution in [-0.4, -0.2) is 59.2 Å². The number of rotatable bonds is 5. The SMILES string of the molecule is C[C@@H](O)Cc1cn(CC2CCN(c3ncnc4nc[nH]c34)CC2)nn1. The van der Waals surface area contributed by atoms with E-state index in [0.717, 1.165) is 49.5 Å². The molecule has 1 saturated heterocycles. The lowest BCUT2D eigenvalue weighted by Gasteiger charge is -2.32. The number of aromatic nitrogens is 7. The van der Waals surface area contributed by atoms with Gasteiger partial charge in [-0.05, 0) is 25.7 Å². The predicted octanol–water partition coefficient (Wildman–Crippen LogP) is 0.784. The molecule has 0 aromatic carbocycles. The normalized spacial score (nSPS) is 17.3. The second-order valence-corrected chi connectivity index (χ2v) is 6.71. The highest BCUT2D eigenvalue weighted by Gasteiger charge is 2.23. The van der Waals surface area contributed by atoms with Gasteiger partial charge < -0.3 is 15.0 Å². The number of piperidine rings is 1. The number of anilines is 1. The minimum Gasteiger partial charge on any atom is -0.393 e. The van der Waals surface area contributed by atoms with Crippen molar-refractivity contribution in [2.24, 2.45) is 5.92 Å². The number of aromatic amines is 1. The van der Waals surface area contributed by atoms with E-state index in [-0.39, 0.29) is 6.10 Å². The summed E-state index contributed by atoms with van der Waals surface area (Å²) in [6.45, 7) is 4.53. The molecule has 0 aliphatic carbocycles. The first-order chi connectivity index (χ1) is 12.2. The molecule has 0 unspecified atom stereocenters. The molecule has 1 aliphatic heterocycles. The summed E-state index contributed by atoms with van der Waals surface area (Å²) in [6.07, 6.45) is 7.48. The molecule has 0 saturated carbocycles. The standard InChI is InChI=1S/C16H22N8O/c1-11(25)6-13-8-24(22-21-13)7-12-2-4-23(5-3-12)16-14-15(18-9-17-14)19-10-20-16/h8-12,25H,2-7H2,1H3,(H,17,18,19,20)/t11-/m1/s1. The van der Waals surface area contributed by atoms with E-state index < -0.39 is 0 Å². The molecule has 3 aromatic heterocycles. The van der Waals surface area contributed by atoms with Crippen molar-refractivity contribution in [2.75, 3.05) is 18.0 Å². The fraction of sp³-hybridized carbons (Fsp3) is 0.562. The molecule has 9 heteroatoms. The summed E-state index contributed by atoms with van der Waals surface area (Å²) in [7, 11) is 0. The summed E-state index contributed by atoms with van der Waals surface area (Å²) < 4.78 is 1.90. The van der Waals surface area contributed by atoms with Gasteiger partial charge in [0.05, 0.1) is 18.1 Å². The maximum Gasteiger partial charge on any atom is 0.182 e. The monoisotopic (exact) mass is 342 g/mol. The van der Waals surface area contributed by atoms with Crippen molar-refractivity contribution in [3.8, 4) is 0 Å². The fourth-order valence-corrected chi connectivity index (χ4v) is 3.41. The van der Waals surface area contributed by atoms with Crippen LogP contribution in [0.4, 0.5) is 5.82 Å². The first-order valence-corrected chi connectivity index (χ1v) is 8.65. The molecular weight excluding hydrogens is 320 g/mol. The molecule has 2 N–H and O–H groups in total. The van der Waals surface area contributed by atoms with Crippen molar-refractivity contribution < 1.29 is 5.11 Å². The van der Waals surface area contributed by atoms with Gasteiger partial charge in [0.1, 0.15) is 11.8 Å². The van der Waals surface area contributed by atoms with E-state index >= 15 is 0 Å². The number of nitrogens with zero attached hydrogens (tertiary/aromatic N) is 7. The van der Waals surface area contributed by atoms with E-state index in [2.05, 4.69) is 35.1 Å². The third-order valence-electron chi connectivity index (χ3n) is 4.65. The van der Waals surface area contributed by atoms with Crippen LogP contribution in [0.25, 0.3) is 11.2 Å². The molecular formula is C16H22N8O. The molecule has 1 atom stereocenters. The van der Waals surface area contributed by atoms with Crippen molar-refractivity contribution in [2.45, 2.75) is 38.8 Å². The minimum absolute atomic E-state index is 0.388. The van der Waals surface area contributed by atoms with Crippen LogP contribution in [0.15, 0.2) is 18.9 Å². The number of aliphatic hydroxyl groups is 1. The molecule has 0 radical (unpaired) electrons. The molecule has 0 bridgehead atoms. The Morgan fingerprint density at radius 2 is 2.12 bits per heavy atom. The van der Waals surface area contributed by atoms with Gasteiger partial charge in [0, 0.05) is 32.3 Å². The number of hydrogen-bond donors (Lipinski definition) is 2. The van der Waals surface area contributed by atoms with Gasteiger partial charge in [-0.2, -0.15) is 0 Å². The van der Waals surface area contributed by atoms with Crippen molar-refractivity contribution in [3.63, 3.8) is 0 Å². The highest BCUT2D eigenvalue weighted by Crippen LogP contribution is 2.26. The molecule has 132 valence electrons. The zero-order valence-corrected chi connectivity index (χ0v) is 14.2. The maximum absolute atomic E-state index is 9.43. The third-order valence-corrected chi connectivity index (χ3v) is 4.65. The van der Waals surface area contributed by atoms with Gasteiger partial charge in [0.15, 0.2) is 11.5 Å². The Balaban J connectivity index is 1.37. The Bertz CT molecular complexity index is 833. The van der Waals surface area contributed by atoms with Gasteiger partial charge in [0.2, 0.25) is 0 Å². The summed E-state index contributed by atoms with van der Waals surface area (Å²) >= 11 is 0. The molecule has 0 spiro atoms. The van der Waals surface area contributed by atoms with Crippen LogP contribution in [0.3, 0.4) is 0 Å². The molecule has 1 aliphatic rings. The summed E-state index contributed by atoms with van der Waals surface area (Å²) in [5, 5.41) is 17.7. The lowest BCUT2D eigenvalue weighted by Crippen LogP contribution is -2.35. The lowest BCUT2D eigenvalue weighted by atomic mass is 9.97. The topological polar surface area (TPSA) is 109 Å². The van der Waals surface area contributed by atoms with Crippen LogP contribution in [0.5, 0.6) is 0 Å². The number of hydrogen-bond acceptors (Lipinski definition) is 7. The van der Waals surface area contributed by atoms with Gasteiger partial charge in [0.25, 0.3) is 0 Å². The predicted molar refractivity (Wildman–Crippen MR) is 92.0 cm³/mol. The Morgan fingerprint density at radius 1 is 1.28 bits per heavy atom.